The maximum atomic E-state index is 13.3. The van der Waals surface area contributed by atoms with Crippen molar-refractivity contribution in [3.63, 3.8) is 0 Å². The van der Waals surface area contributed by atoms with Crippen LogP contribution in [0.3, 0.4) is 0 Å². The number of rotatable bonds is 4. The summed E-state index contributed by atoms with van der Waals surface area (Å²) in [4.78, 5) is 9.92. The molecular weight excluding hydrogens is 263 g/mol. The van der Waals surface area contributed by atoms with Gasteiger partial charge in [0.1, 0.15) is 28.9 Å². The van der Waals surface area contributed by atoms with Crippen molar-refractivity contribution in [2.24, 2.45) is 0 Å². The predicted octanol–water partition coefficient (Wildman–Crippen LogP) is 0.402. The van der Waals surface area contributed by atoms with Crippen molar-refractivity contribution < 1.29 is 22.7 Å². The maximum absolute atomic E-state index is 13.3. The molecule has 1 N–H and O–H groups in total. The zero-order valence-electron chi connectivity index (χ0n) is 9.29. The number of hydrogen-bond donors (Lipinski definition) is 1. The smallest absolute Gasteiger partial charge is 0.318 e. The van der Waals surface area contributed by atoms with Crippen LogP contribution in [0.5, 0.6) is 0 Å². The van der Waals surface area contributed by atoms with E-state index in [2.05, 4.69) is 0 Å². The van der Waals surface area contributed by atoms with Gasteiger partial charge in [-0.05, 0) is 12.1 Å². The molecule has 0 bridgehead atoms. The van der Waals surface area contributed by atoms with Gasteiger partial charge in [0.15, 0.2) is 0 Å². The zero-order valence-corrected chi connectivity index (χ0v) is 10.1. The van der Waals surface area contributed by atoms with Crippen LogP contribution >= 0.6 is 0 Å². The number of halogens is 1. The quantitative estimate of drug-likeness (QED) is 0.855. The minimum Gasteiger partial charge on any atom is -0.480 e. The summed E-state index contributed by atoms with van der Waals surface area (Å²) in [5.74, 6) is -2.32. The van der Waals surface area contributed by atoms with Gasteiger partial charge < -0.3 is 5.11 Å². The molecule has 1 rings (SSSR count). The number of nitriles is 1. The minimum atomic E-state index is -4.21. The average molecular weight is 272 g/mol. The van der Waals surface area contributed by atoms with E-state index in [9.17, 15) is 17.6 Å². The molecule has 0 aliphatic carbocycles. The molecule has 0 amide bonds. The Bertz CT molecular complexity index is 621. The summed E-state index contributed by atoms with van der Waals surface area (Å²) in [7, 11) is -3.17. The Hall–Kier alpha value is -1.98. The molecule has 0 saturated carbocycles. The molecule has 0 atom stereocenters. The molecule has 1 aromatic carbocycles. The number of aliphatic carboxylic acids is 1. The average Bonchev–Trinajstić information content (AvgIpc) is 2.27. The summed E-state index contributed by atoms with van der Waals surface area (Å²) >= 11 is 0. The van der Waals surface area contributed by atoms with Gasteiger partial charge in [0, 0.05) is 7.05 Å². The molecule has 8 heteroatoms. The van der Waals surface area contributed by atoms with Crippen molar-refractivity contribution in [1.29, 1.82) is 5.26 Å². The highest BCUT2D eigenvalue weighted by molar-refractivity contribution is 7.89. The van der Waals surface area contributed by atoms with E-state index in [1.54, 1.807) is 0 Å². The normalized spacial score (nSPS) is 11.2. The highest BCUT2D eigenvalue weighted by Gasteiger charge is 2.27. The van der Waals surface area contributed by atoms with Crippen LogP contribution < -0.4 is 0 Å². The van der Waals surface area contributed by atoms with Crippen molar-refractivity contribution in [2.75, 3.05) is 13.6 Å². The van der Waals surface area contributed by atoms with Gasteiger partial charge in [0.2, 0.25) is 10.0 Å². The molecule has 96 valence electrons. The lowest BCUT2D eigenvalue weighted by atomic mass is 10.2. The van der Waals surface area contributed by atoms with Gasteiger partial charge in [-0.1, -0.05) is 6.07 Å². The van der Waals surface area contributed by atoms with Crippen molar-refractivity contribution in [3.05, 3.63) is 29.6 Å². The highest BCUT2D eigenvalue weighted by Crippen LogP contribution is 2.20. The molecule has 0 radical (unpaired) electrons. The van der Waals surface area contributed by atoms with Gasteiger partial charge >= 0.3 is 5.97 Å². The molecule has 0 aliphatic rings. The van der Waals surface area contributed by atoms with Gasteiger partial charge in [0.05, 0.1) is 0 Å². The third-order valence-corrected chi connectivity index (χ3v) is 3.98. The number of benzene rings is 1. The Balaban J connectivity index is 3.34. The molecular formula is C10H9FN2O4S. The highest BCUT2D eigenvalue weighted by atomic mass is 32.2. The number of carboxylic acid groups (broad SMARTS) is 1. The fourth-order valence-electron chi connectivity index (χ4n) is 1.27. The van der Waals surface area contributed by atoms with Crippen molar-refractivity contribution in [1.82, 2.24) is 4.31 Å². The lowest BCUT2D eigenvalue weighted by Gasteiger charge is -2.15. The summed E-state index contributed by atoms with van der Waals surface area (Å²) < 4.78 is 37.7. The summed E-state index contributed by atoms with van der Waals surface area (Å²) in [6.07, 6.45) is 0. The first-order chi connectivity index (χ1) is 8.30. The van der Waals surface area contributed by atoms with Crippen molar-refractivity contribution >= 4 is 16.0 Å². The first-order valence-corrected chi connectivity index (χ1v) is 6.11. The number of hydrogen-bond acceptors (Lipinski definition) is 4. The predicted molar refractivity (Wildman–Crippen MR) is 58.6 cm³/mol. The lowest BCUT2D eigenvalue weighted by Crippen LogP contribution is -2.32. The number of carboxylic acids is 1. The molecule has 0 saturated heterocycles. The Morgan fingerprint density at radius 2 is 2.17 bits per heavy atom. The summed E-state index contributed by atoms with van der Waals surface area (Å²) in [6.45, 7) is -0.774. The van der Waals surface area contributed by atoms with Crippen LogP contribution in [0.15, 0.2) is 23.1 Å². The summed E-state index contributed by atoms with van der Waals surface area (Å²) in [6, 6.07) is 4.59. The third-order valence-electron chi connectivity index (χ3n) is 2.13. The van der Waals surface area contributed by atoms with E-state index in [4.69, 9.17) is 10.4 Å². The molecule has 0 heterocycles. The summed E-state index contributed by atoms with van der Waals surface area (Å²) in [5, 5.41) is 17.3. The molecule has 1 aromatic rings. The van der Waals surface area contributed by atoms with Crippen LogP contribution in [-0.4, -0.2) is 37.4 Å². The lowest BCUT2D eigenvalue weighted by molar-refractivity contribution is -0.137. The maximum Gasteiger partial charge on any atom is 0.318 e. The SMILES string of the molecule is CN(CC(=O)O)S(=O)(=O)c1cccc(F)c1C#N. The van der Waals surface area contributed by atoms with Crippen molar-refractivity contribution in [2.45, 2.75) is 4.90 Å². The topological polar surface area (TPSA) is 98.5 Å². The third kappa shape index (κ3) is 2.64. The van der Waals surface area contributed by atoms with Crippen LogP contribution in [0, 0.1) is 17.1 Å². The van der Waals surface area contributed by atoms with Crippen LogP contribution in [0.1, 0.15) is 5.56 Å². The van der Waals surface area contributed by atoms with E-state index in [1.807, 2.05) is 0 Å². The van der Waals surface area contributed by atoms with Gasteiger partial charge in [0.25, 0.3) is 0 Å². The first kappa shape index (κ1) is 14.1. The number of likely N-dealkylation sites (N-methyl/N-ethyl adjacent to an activating group) is 1. The molecule has 0 aliphatic heterocycles. The number of nitrogens with zero attached hydrogens (tertiary/aromatic N) is 2. The fraction of sp³-hybridized carbons (Fsp3) is 0.200. The molecule has 18 heavy (non-hydrogen) atoms. The monoisotopic (exact) mass is 272 g/mol. The van der Waals surface area contributed by atoms with Crippen LogP contribution in [0.4, 0.5) is 4.39 Å². The van der Waals surface area contributed by atoms with E-state index in [0.29, 0.717) is 4.31 Å². The van der Waals surface area contributed by atoms with E-state index in [1.165, 1.54) is 6.07 Å². The molecule has 0 fully saturated rings. The van der Waals surface area contributed by atoms with Gasteiger partial charge in [-0.3, -0.25) is 4.79 Å². The first-order valence-electron chi connectivity index (χ1n) is 4.67. The molecule has 0 spiro atoms. The minimum absolute atomic E-state index is 0.533. The second kappa shape index (κ2) is 5.12. The van der Waals surface area contributed by atoms with E-state index in [-0.39, 0.29) is 0 Å². The largest absolute Gasteiger partial charge is 0.480 e. The Morgan fingerprint density at radius 1 is 1.56 bits per heavy atom. The van der Waals surface area contributed by atoms with Gasteiger partial charge in [-0.25, -0.2) is 12.8 Å². The molecule has 0 aromatic heterocycles. The molecule has 0 unspecified atom stereocenters. The number of sulfonamides is 1. The van der Waals surface area contributed by atoms with Crippen LogP contribution in [0.25, 0.3) is 0 Å². The second-order valence-electron chi connectivity index (χ2n) is 3.38. The van der Waals surface area contributed by atoms with E-state index < -0.39 is 38.8 Å². The molecule has 6 nitrogen and oxygen atoms in total. The van der Waals surface area contributed by atoms with E-state index in [0.717, 1.165) is 25.2 Å². The summed E-state index contributed by atoms with van der Waals surface area (Å²) in [5.41, 5.74) is -0.630. The Kier molecular flexibility index (Phi) is 4.00. The second-order valence-corrected chi connectivity index (χ2v) is 5.39. The van der Waals surface area contributed by atoms with Gasteiger partial charge in [-0.2, -0.15) is 9.57 Å². The van der Waals surface area contributed by atoms with Crippen LogP contribution in [0.2, 0.25) is 0 Å². The Labute approximate surface area is 103 Å². The van der Waals surface area contributed by atoms with Gasteiger partial charge in [-0.15, -0.1) is 0 Å². The Morgan fingerprint density at radius 3 is 2.67 bits per heavy atom. The van der Waals surface area contributed by atoms with Crippen molar-refractivity contribution in [3.8, 4) is 6.07 Å². The number of carbonyl (C=O) groups is 1. The fourth-order valence-corrected chi connectivity index (χ4v) is 2.54. The van der Waals surface area contributed by atoms with E-state index >= 15 is 0 Å². The zero-order chi connectivity index (χ0) is 13.9. The van der Waals surface area contributed by atoms with Crippen LogP contribution in [-0.2, 0) is 14.8 Å². The standard InChI is InChI=1S/C10H9FN2O4S/c1-13(6-10(14)15)18(16,17)9-4-2-3-8(11)7(9)5-12/h2-4H,6H2,1H3,(H,14,15).